The van der Waals surface area contributed by atoms with Crippen LogP contribution in [0, 0.1) is 5.41 Å². The van der Waals surface area contributed by atoms with E-state index in [-0.39, 0.29) is 28.7 Å². The lowest BCUT2D eigenvalue weighted by Crippen LogP contribution is -2.37. The van der Waals surface area contributed by atoms with Gasteiger partial charge in [-0.15, -0.1) is 0 Å². The minimum atomic E-state index is -0.429. The highest BCUT2D eigenvalue weighted by molar-refractivity contribution is 6.02. The van der Waals surface area contributed by atoms with E-state index in [9.17, 15) is 14.4 Å². The summed E-state index contributed by atoms with van der Waals surface area (Å²) in [5, 5.41) is 0. The zero-order valence-corrected chi connectivity index (χ0v) is 17.8. The fraction of sp³-hybridized carbons (Fsp3) is 0.458. The molecule has 1 aromatic heterocycles. The molecule has 1 fully saturated rings. The molecule has 0 spiro atoms. The van der Waals surface area contributed by atoms with E-state index in [0.717, 1.165) is 18.4 Å². The lowest BCUT2D eigenvalue weighted by molar-refractivity contribution is 0.0733. The van der Waals surface area contributed by atoms with Gasteiger partial charge in [-0.25, -0.2) is 0 Å². The number of likely N-dealkylation sites (tertiary alicyclic amines) is 1. The summed E-state index contributed by atoms with van der Waals surface area (Å²) in [6, 6.07) is 7.11. The number of ether oxygens (including phenoxy) is 2. The lowest BCUT2D eigenvalue weighted by Gasteiger charge is -2.30. The summed E-state index contributed by atoms with van der Waals surface area (Å²) in [5.41, 5.74) is 1.47. The number of benzene rings is 1. The van der Waals surface area contributed by atoms with E-state index >= 15 is 0 Å². The van der Waals surface area contributed by atoms with E-state index < -0.39 is 5.56 Å². The Morgan fingerprint density at radius 3 is 2.68 bits per heavy atom. The van der Waals surface area contributed by atoms with E-state index in [0.29, 0.717) is 55.4 Å². The number of carbonyl (C=O) groups excluding carboxylic acids is 2. The van der Waals surface area contributed by atoms with E-state index in [2.05, 4.69) is 4.98 Å². The number of H-pyrrole nitrogens is 1. The molecule has 5 rings (SSSR count). The van der Waals surface area contributed by atoms with E-state index in [1.54, 1.807) is 4.90 Å². The van der Waals surface area contributed by atoms with Gasteiger partial charge in [-0.1, -0.05) is 19.9 Å². The monoisotopic (exact) mass is 422 g/mol. The topological polar surface area (TPSA) is 88.7 Å². The molecule has 0 bridgehead atoms. The number of hydrogen-bond acceptors (Lipinski definition) is 5. The fourth-order valence-corrected chi connectivity index (χ4v) is 4.96. The number of fused-ring (bicyclic) bond motifs is 2. The van der Waals surface area contributed by atoms with Crippen LogP contribution in [0.2, 0.25) is 0 Å². The first-order chi connectivity index (χ1) is 14.8. The first-order valence-electron chi connectivity index (χ1n) is 10.8. The molecule has 1 atom stereocenters. The van der Waals surface area contributed by atoms with E-state index in [4.69, 9.17) is 9.47 Å². The molecular weight excluding hydrogens is 396 g/mol. The van der Waals surface area contributed by atoms with Crippen LogP contribution >= 0.6 is 0 Å². The number of carbonyl (C=O) groups is 2. The number of amides is 1. The average molecular weight is 422 g/mol. The Kier molecular flexibility index (Phi) is 4.64. The van der Waals surface area contributed by atoms with Gasteiger partial charge in [0.2, 0.25) is 0 Å². The third kappa shape index (κ3) is 3.52. The maximum absolute atomic E-state index is 13.4. The predicted octanol–water partition coefficient (Wildman–Crippen LogP) is 3.28. The van der Waals surface area contributed by atoms with Crippen molar-refractivity contribution in [3.05, 3.63) is 57.0 Å². The Hall–Kier alpha value is -3.09. The van der Waals surface area contributed by atoms with Crippen LogP contribution in [0.3, 0.4) is 0 Å². The lowest BCUT2D eigenvalue weighted by atomic mass is 9.75. The van der Waals surface area contributed by atoms with Crippen LogP contribution in [-0.2, 0) is 6.42 Å². The fourth-order valence-electron chi connectivity index (χ4n) is 4.96. The van der Waals surface area contributed by atoms with Crippen molar-refractivity contribution < 1.29 is 19.1 Å². The molecule has 0 saturated carbocycles. The summed E-state index contributed by atoms with van der Waals surface area (Å²) < 4.78 is 11.3. The summed E-state index contributed by atoms with van der Waals surface area (Å²) in [6.07, 6.45) is 2.67. The Labute approximate surface area is 180 Å². The van der Waals surface area contributed by atoms with Gasteiger partial charge < -0.3 is 19.4 Å². The third-order valence-corrected chi connectivity index (χ3v) is 6.41. The van der Waals surface area contributed by atoms with Crippen LogP contribution in [0.5, 0.6) is 11.5 Å². The molecule has 7 heteroatoms. The summed E-state index contributed by atoms with van der Waals surface area (Å²) in [4.78, 5) is 43.4. The quantitative estimate of drug-likeness (QED) is 0.802. The maximum Gasteiger partial charge on any atom is 0.261 e. The van der Waals surface area contributed by atoms with Crippen molar-refractivity contribution in [1.82, 2.24) is 9.88 Å². The number of pyridine rings is 1. The summed E-state index contributed by atoms with van der Waals surface area (Å²) in [6.45, 7) is 5.60. The molecule has 3 heterocycles. The number of ketones is 1. The summed E-state index contributed by atoms with van der Waals surface area (Å²) in [7, 11) is 0. The van der Waals surface area contributed by atoms with Crippen LogP contribution in [0.25, 0.3) is 0 Å². The van der Waals surface area contributed by atoms with Crippen molar-refractivity contribution in [2.24, 2.45) is 5.41 Å². The van der Waals surface area contributed by atoms with Gasteiger partial charge in [-0.05, 0) is 48.4 Å². The minimum Gasteiger partial charge on any atom is -0.486 e. The average Bonchev–Trinajstić information content (AvgIpc) is 3.21. The van der Waals surface area contributed by atoms with Crippen molar-refractivity contribution in [3.63, 3.8) is 0 Å². The normalized spacial score (nSPS) is 21.7. The number of aromatic nitrogens is 1. The minimum absolute atomic E-state index is 0.0265. The largest absolute Gasteiger partial charge is 0.486 e. The van der Waals surface area contributed by atoms with Crippen LogP contribution in [0.4, 0.5) is 0 Å². The Morgan fingerprint density at radius 1 is 1.10 bits per heavy atom. The van der Waals surface area contributed by atoms with Gasteiger partial charge in [0.15, 0.2) is 17.3 Å². The van der Waals surface area contributed by atoms with Gasteiger partial charge in [-0.2, -0.15) is 0 Å². The maximum atomic E-state index is 13.4. The second-order valence-electron chi connectivity index (χ2n) is 9.40. The molecule has 1 aliphatic carbocycles. The summed E-state index contributed by atoms with van der Waals surface area (Å²) in [5.74, 6) is 1.03. The molecule has 1 amide bonds. The summed E-state index contributed by atoms with van der Waals surface area (Å²) >= 11 is 0. The van der Waals surface area contributed by atoms with Gasteiger partial charge >= 0.3 is 0 Å². The molecule has 2 aromatic rings. The third-order valence-electron chi connectivity index (χ3n) is 6.41. The first-order valence-corrected chi connectivity index (χ1v) is 10.8. The van der Waals surface area contributed by atoms with Crippen molar-refractivity contribution in [2.75, 3.05) is 19.8 Å². The highest BCUT2D eigenvalue weighted by atomic mass is 16.6. The number of aromatic amines is 1. The number of nitrogens with one attached hydrogen (secondary N) is 1. The molecule has 162 valence electrons. The van der Waals surface area contributed by atoms with Crippen LogP contribution < -0.4 is 15.0 Å². The number of nitrogens with zero attached hydrogens (tertiary/aromatic N) is 1. The zero-order valence-electron chi connectivity index (χ0n) is 17.8. The standard InChI is InChI=1S/C24H26N2O5/c1-24(2)12-17-15(19(27)13-24)11-16(22(28)25-17)23(29)26-7-3-4-18(26)14-5-6-20-21(10-14)31-9-8-30-20/h5-6,10-11,18H,3-4,7-9,12-13H2,1-2H3,(H,25,28). The molecule has 1 N–H and O–H groups in total. The van der Waals surface area contributed by atoms with Crippen LogP contribution in [0.15, 0.2) is 29.1 Å². The smallest absolute Gasteiger partial charge is 0.261 e. The molecule has 1 aromatic carbocycles. The molecule has 0 radical (unpaired) electrons. The molecule has 3 aliphatic rings. The van der Waals surface area contributed by atoms with Gasteiger partial charge in [0, 0.05) is 24.2 Å². The zero-order chi connectivity index (χ0) is 21.8. The van der Waals surface area contributed by atoms with Crippen LogP contribution in [0.1, 0.15) is 71.1 Å². The van der Waals surface area contributed by atoms with Gasteiger partial charge in [0.25, 0.3) is 11.5 Å². The van der Waals surface area contributed by atoms with Gasteiger partial charge in [0.05, 0.1) is 6.04 Å². The van der Waals surface area contributed by atoms with Crippen molar-refractivity contribution in [2.45, 2.75) is 45.6 Å². The Morgan fingerprint density at radius 2 is 1.87 bits per heavy atom. The number of Topliss-reactive ketones (excluding diaryl/α,β-unsaturated/α-hetero) is 1. The number of hydrogen-bond donors (Lipinski definition) is 1. The van der Waals surface area contributed by atoms with Crippen molar-refractivity contribution >= 4 is 11.7 Å². The number of rotatable bonds is 2. The van der Waals surface area contributed by atoms with Gasteiger partial charge in [-0.3, -0.25) is 14.4 Å². The van der Waals surface area contributed by atoms with Crippen molar-refractivity contribution in [3.8, 4) is 11.5 Å². The van der Waals surface area contributed by atoms with E-state index in [1.807, 2.05) is 32.0 Å². The molecular formula is C24H26N2O5. The van der Waals surface area contributed by atoms with Crippen molar-refractivity contribution in [1.29, 1.82) is 0 Å². The second-order valence-corrected chi connectivity index (χ2v) is 9.40. The second kappa shape index (κ2) is 7.25. The highest BCUT2D eigenvalue weighted by Gasteiger charge is 2.36. The molecule has 1 unspecified atom stereocenters. The van der Waals surface area contributed by atoms with Crippen LogP contribution in [-0.4, -0.2) is 41.3 Å². The molecule has 31 heavy (non-hydrogen) atoms. The molecule has 7 nitrogen and oxygen atoms in total. The predicted molar refractivity (Wildman–Crippen MR) is 114 cm³/mol. The molecule has 1 saturated heterocycles. The highest BCUT2D eigenvalue weighted by Crippen LogP contribution is 2.39. The SMILES string of the molecule is CC1(C)CC(=O)c2cc(C(=O)N3CCCC3c3ccc4c(c3)OCCO4)c(=O)[nH]c2C1. The molecule has 2 aliphatic heterocycles. The Bertz CT molecular complexity index is 1130. The van der Waals surface area contributed by atoms with E-state index in [1.165, 1.54) is 6.07 Å². The first kappa shape index (κ1) is 19.8. The Balaban J connectivity index is 1.47. The van der Waals surface area contributed by atoms with Gasteiger partial charge in [0.1, 0.15) is 18.8 Å².